The highest BCUT2D eigenvalue weighted by molar-refractivity contribution is 8.18. The van der Waals surface area contributed by atoms with Crippen LogP contribution in [0, 0.1) is 0 Å². The second-order valence-electron chi connectivity index (χ2n) is 6.12. The third-order valence-corrected chi connectivity index (χ3v) is 7.80. The molecule has 2 aliphatic heterocycles. The molecule has 4 rings (SSSR count). The average molecular weight is 425 g/mol. The van der Waals surface area contributed by atoms with Crippen LogP contribution in [0.4, 0.5) is 4.79 Å². The second kappa shape index (κ2) is 7.27. The lowest BCUT2D eigenvalue weighted by atomic mass is 10.3. The van der Waals surface area contributed by atoms with Crippen LogP contribution in [0.15, 0.2) is 44.1 Å². The normalized spacial score (nSPS) is 20.3. The summed E-state index contributed by atoms with van der Waals surface area (Å²) in [5.74, 6) is -0.147. The summed E-state index contributed by atoms with van der Waals surface area (Å²) >= 11 is 2.34. The van der Waals surface area contributed by atoms with Crippen LogP contribution in [0.5, 0.6) is 0 Å². The fraction of sp³-hybridized carbons (Fsp3) is 0.294. The van der Waals surface area contributed by atoms with Crippen LogP contribution < -0.4 is 0 Å². The van der Waals surface area contributed by atoms with Crippen LogP contribution in [0.25, 0.3) is 6.08 Å². The summed E-state index contributed by atoms with van der Waals surface area (Å²) in [7, 11) is -3.66. The number of thioether (sulfide) groups is 1. The van der Waals surface area contributed by atoms with Crippen molar-refractivity contribution in [1.29, 1.82) is 0 Å². The fourth-order valence-corrected chi connectivity index (χ4v) is 5.94. The Labute approximate surface area is 164 Å². The smallest absolute Gasteiger partial charge is 0.293 e. The van der Waals surface area contributed by atoms with Crippen LogP contribution >= 0.6 is 23.1 Å². The zero-order chi connectivity index (χ0) is 19.0. The maximum Gasteiger partial charge on any atom is 0.293 e. The van der Waals surface area contributed by atoms with Crippen molar-refractivity contribution in [1.82, 2.24) is 9.21 Å². The molecule has 2 aliphatic rings. The van der Waals surface area contributed by atoms with Crippen molar-refractivity contribution in [2.45, 2.75) is 24.5 Å². The SMILES string of the molecule is O=C1S/C(=C\c2cccs2)C(=O)N1Cc1ccc(S(=O)(=O)N2CCCC2)o1. The Morgan fingerprint density at radius 2 is 1.93 bits per heavy atom. The lowest BCUT2D eigenvalue weighted by molar-refractivity contribution is -0.123. The fourth-order valence-electron chi connectivity index (χ4n) is 2.93. The molecule has 142 valence electrons. The summed E-state index contributed by atoms with van der Waals surface area (Å²) in [6, 6.07) is 6.60. The first-order valence-electron chi connectivity index (χ1n) is 8.33. The lowest BCUT2D eigenvalue weighted by Crippen LogP contribution is -2.28. The zero-order valence-electron chi connectivity index (χ0n) is 14.2. The summed E-state index contributed by atoms with van der Waals surface area (Å²) in [6.07, 6.45) is 3.35. The first-order valence-corrected chi connectivity index (χ1v) is 11.5. The van der Waals surface area contributed by atoms with Gasteiger partial charge in [-0.15, -0.1) is 11.3 Å². The minimum atomic E-state index is -3.66. The van der Waals surface area contributed by atoms with Gasteiger partial charge < -0.3 is 4.42 Å². The number of sulfonamides is 1. The van der Waals surface area contributed by atoms with E-state index >= 15 is 0 Å². The molecule has 0 aliphatic carbocycles. The van der Waals surface area contributed by atoms with Crippen LogP contribution in [-0.4, -0.2) is 41.9 Å². The van der Waals surface area contributed by atoms with Crippen LogP contribution in [0.3, 0.4) is 0 Å². The number of hydrogen-bond donors (Lipinski definition) is 0. The third kappa shape index (κ3) is 3.62. The van der Waals surface area contributed by atoms with Crippen LogP contribution in [0.1, 0.15) is 23.5 Å². The predicted molar refractivity (Wildman–Crippen MR) is 103 cm³/mol. The van der Waals surface area contributed by atoms with Crippen molar-refractivity contribution in [2.75, 3.05) is 13.1 Å². The lowest BCUT2D eigenvalue weighted by Gasteiger charge is -2.13. The van der Waals surface area contributed by atoms with E-state index in [0.29, 0.717) is 18.0 Å². The molecule has 10 heteroatoms. The molecule has 0 unspecified atom stereocenters. The maximum atomic E-state index is 12.5. The molecule has 0 bridgehead atoms. The van der Waals surface area contributed by atoms with Gasteiger partial charge in [-0.2, -0.15) is 4.31 Å². The zero-order valence-corrected chi connectivity index (χ0v) is 16.6. The van der Waals surface area contributed by atoms with E-state index in [1.165, 1.54) is 27.8 Å². The molecular formula is C17H16N2O5S3. The van der Waals surface area contributed by atoms with Crippen molar-refractivity contribution < 1.29 is 22.4 Å². The molecule has 0 spiro atoms. The first-order chi connectivity index (χ1) is 12.9. The number of nitrogens with zero attached hydrogens (tertiary/aromatic N) is 2. The Balaban J connectivity index is 1.50. The van der Waals surface area contributed by atoms with Crippen molar-refractivity contribution in [3.63, 3.8) is 0 Å². The van der Waals surface area contributed by atoms with E-state index in [0.717, 1.165) is 34.4 Å². The number of amides is 2. The van der Waals surface area contributed by atoms with Crippen molar-refractivity contribution in [3.05, 3.63) is 45.2 Å². The molecule has 0 atom stereocenters. The molecule has 7 nitrogen and oxygen atoms in total. The highest BCUT2D eigenvalue weighted by Crippen LogP contribution is 2.34. The van der Waals surface area contributed by atoms with E-state index in [2.05, 4.69) is 0 Å². The maximum absolute atomic E-state index is 12.5. The highest BCUT2D eigenvalue weighted by Gasteiger charge is 2.36. The second-order valence-corrected chi connectivity index (χ2v) is 9.96. The number of hydrogen-bond acceptors (Lipinski definition) is 7. The minimum Gasteiger partial charge on any atom is -0.446 e. The quantitative estimate of drug-likeness (QED) is 0.684. The number of thiophene rings is 1. The summed E-state index contributed by atoms with van der Waals surface area (Å²) in [4.78, 5) is 27.0. The molecule has 0 aromatic carbocycles. The molecule has 0 radical (unpaired) electrons. The van der Waals surface area contributed by atoms with Gasteiger partial charge in [-0.1, -0.05) is 6.07 Å². The van der Waals surface area contributed by atoms with E-state index in [9.17, 15) is 18.0 Å². The number of carbonyl (C=O) groups excluding carboxylic acids is 2. The molecule has 4 heterocycles. The third-order valence-electron chi connectivity index (χ3n) is 4.30. The number of furan rings is 1. The number of carbonyl (C=O) groups is 2. The van der Waals surface area contributed by atoms with E-state index < -0.39 is 21.2 Å². The monoisotopic (exact) mass is 424 g/mol. The molecule has 2 saturated heterocycles. The Morgan fingerprint density at radius 3 is 2.63 bits per heavy atom. The molecular weight excluding hydrogens is 408 g/mol. The van der Waals surface area contributed by atoms with Gasteiger partial charge in [-0.3, -0.25) is 14.5 Å². The number of rotatable bonds is 5. The van der Waals surface area contributed by atoms with Gasteiger partial charge in [-0.05, 0) is 54.3 Å². The average Bonchev–Trinajstić information content (AvgIpc) is 3.42. The Bertz CT molecular complexity index is 1000. The Kier molecular flexibility index (Phi) is 4.97. The van der Waals surface area contributed by atoms with E-state index in [1.54, 1.807) is 6.08 Å². The van der Waals surface area contributed by atoms with Crippen molar-refractivity contribution in [2.24, 2.45) is 0 Å². The minimum absolute atomic E-state index is 0.0953. The molecule has 2 aromatic heterocycles. The van der Waals surface area contributed by atoms with Crippen molar-refractivity contribution in [3.8, 4) is 0 Å². The van der Waals surface area contributed by atoms with Gasteiger partial charge >= 0.3 is 0 Å². The summed E-state index contributed by atoms with van der Waals surface area (Å²) < 4.78 is 31.9. The van der Waals surface area contributed by atoms with Gasteiger partial charge in [0.2, 0.25) is 5.09 Å². The predicted octanol–water partition coefficient (Wildman–Crippen LogP) is 3.36. The van der Waals surface area contributed by atoms with Gasteiger partial charge in [0.1, 0.15) is 5.76 Å². The Morgan fingerprint density at radius 1 is 1.15 bits per heavy atom. The molecule has 2 fully saturated rings. The highest BCUT2D eigenvalue weighted by atomic mass is 32.2. The topological polar surface area (TPSA) is 87.9 Å². The molecule has 2 amide bonds. The molecule has 0 N–H and O–H groups in total. The van der Waals surface area contributed by atoms with Crippen LogP contribution in [0.2, 0.25) is 0 Å². The van der Waals surface area contributed by atoms with Gasteiger partial charge in [0, 0.05) is 18.0 Å². The van der Waals surface area contributed by atoms with E-state index in [1.807, 2.05) is 17.5 Å². The number of imide groups is 1. The summed E-state index contributed by atoms with van der Waals surface area (Å²) in [5.41, 5.74) is 0. The Hall–Kier alpha value is -1.88. The van der Waals surface area contributed by atoms with E-state index in [-0.39, 0.29) is 17.4 Å². The summed E-state index contributed by atoms with van der Waals surface area (Å²) in [5, 5.41) is 1.34. The summed E-state index contributed by atoms with van der Waals surface area (Å²) in [6.45, 7) is 0.867. The molecule has 2 aromatic rings. The molecule has 0 saturated carbocycles. The van der Waals surface area contributed by atoms with Crippen molar-refractivity contribution >= 4 is 50.3 Å². The largest absolute Gasteiger partial charge is 0.446 e. The first kappa shape index (κ1) is 18.5. The van der Waals surface area contributed by atoms with Gasteiger partial charge in [0.25, 0.3) is 21.2 Å². The standard InChI is InChI=1S/C17H16N2O5S3/c20-16-14(10-13-4-3-9-25-13)26-17(21)19(16)11-12-5-6-15(24-12)27(22,23)18-7-1-2-8-18/h3-6,9-10H,1-2,7-8,11H2/b14-10-. The van der Waals surface area contributed by atoms with Crippen LogP contribution in [-0.2, 0) is 21.4 Å². The van der Waals surface area contributed by atoms with Gasteiger partial charge in [-0.25, -0.2) is 8.42 Å². The van der Waals surface area contributed by atoms with Gasteiger partial charge in [0.05, 0.1) is 11.4 Å². The molecule has 27 heavy (non-hydrogen) atoms. The van der Waals surface area contributed by atoms with Gasteiger partial charge in [0.15, 0.2) is 0 Å². The van der Waals surface area contributed by atoms with E-state index in [4.69, 9.17) is 4.42 Å².